The van der Waals surface area contributed by atoms with Crippen LogP contribution < -0.4 is 0 Å². The van der Waals surface area contributed by atoms with E-state index >= 15 is 0 Å². The Morgan fingerprint density at radius 3 is 3.06 bits per heavy atom. The molecule has 1 aromatic carbocycles. The molecule has 0 atom stereocenters. The van der Waals surface area contributed by atoms with Gasteiger partial charge in [-0.1, -0.05) is 18.5 Å². The zero-order valence-corrected chi connectivity index (χ0v) is 11.3. The van der Waals surface area contributed by atoms with E-state index in [-0.39, 0.29) is 0 Å². The smallest absolute Gasteiger partial charge is 0.229 e. The van der Waals surface area contributed by atoms with Crippen molar-refractivity contribution in [3.8, 4) is 5.95 Å². The molecule has 0 aliphatic rings. The monoisotopic (exact) mass is 278 g/mol. The fourth-order valence-electron chi connectivity index (χ4n) is 1.77. The first kappa shape index (κ1) is 11.6. The topological polar surface area (TPSA) is 46.5 Å². The third-order valence-electron chi connectivity index (χ3n) is 2.54. The minimum absolute atomic E-state index is 0.699. The Kier molecular flexibility index (Phi) is 3.01. The van der Waals surface area contributed by atoms with Crippen molar-refractivity contribution in [1.29, 1.82) is 0 Å². The summed E-state index contributed by atoms with van der Waals surface area (Å²) >= 11 is 7.94. The van der Waals surface area contributed by atoms with E-state index in [1.807, 2.05) is 24.4 Å². The summed E-state index contributed by atoms with van der Waals surface area (Å²) in [6.45, 7) is 2.10. The molecule has 0 aliphatic carbocycles. The van der Waals surface area contributed by atoms with Gasteiger partial charge in [0, 0.05) is 17.3 Å². The summed E-state index contributed by atoms with van der Waals surface area (Å²) in [5, 5.41) is 4.90. The van der Waals surface area contributed by atoms with Crippen molar-refractivity contribution in [3.63, 3.8) is 0 Å². The highest BCUT2D eigenvalue weighted by Crippen LogP contribution is 2.30. The van der Waals surface area contributed by atoms with Crippen LogP contribution in [0.15, 0.2) is 35.5 Å². The molecule has 4 nitrogen and oxygen atoms in total. The lowest BCUT2D eigenvalue weighted by atomic mass is 10.3. The quantitative estimate of drug-likeness (QED) is 0.746. The molecule has 0 saturated carbocycles. The number of aromatic amines is 1. The third kappa shape index (κ3) is 2.00. The molecular formula is C12H11ClN4S. The van der Waals surface area contributed by atoms with Crippen LogP contribution in [-0.4, -0.2) is 25.5 Å². The lowest BCUT2D eigenvalue weighted by Crippen LogP contribution is -1.95. The molecule has 3 rings (SSSR count). The number of benzene rings is 1. The van der Waals surface area contributed by atoms with E-state index in [4.69, 9.17) is 11.6 Å². The van der Waals surface area contributed by atoms with E-state index in [0.29, 0.717) is 5.95 Å². The van der Waals surface area contributed by atoms with Gasteiger partial charge in [-0.3, -0.25) is 0 Å². The molecule has 0 amide bonds. The molecule has 0 spiro atoms. The Morgan fingerprint density at radius 2 is 2.33 bits per heavy atom. The van der Waals surface area contributed by atoms with Crippen LogP contribution in [0.3, 0.4) is 0 Å². The second-order valence-electron chi connectivity index (χ2n) is 3.74. The molecule has 92 valence electrons. The van der Waals surface area contributed by atoms with Crippen molar-refractivity contribution in [3.05, 3.63) is 35.6 Å². The first-order valence-corrected chi connectivity index (χ1v) is 6.96. The lowest BCUT2D eigenvalue weighted by molar-refractivity contribution is 0.829. The van der Waals surface area contributed by atoms with Crippen LogP contribution in [-0.2, 0) is 0 Å². The zero-order valence-electron chi connectivity index (χ0n) is 9.72. The van der Waals surface area contributed by atoms with Crippen molar-refractivity contribution in [2.24, 2.45) is 0 Å². The maximum atomic E-state index is 6.23. The van der Waals surface area contributed by atoms with E-state index in [9.17, 15) is 0 Å². The molecule has 0 unspecified atom stereocenters. The van der Waals surface area contributed by atoms with E-state index in [2.05, 4.69) is 22.0 Å². The van der Waals surface area contributed by atoms with Gasteiger partial charge in [-0.2, -0.15) is 5.10 Å². The molecule has 2 heterocycles. The van der Waals surface area contributed by atoms with Gasteiger partial charge in [0.1, 0.15) is 0 Å². The standard InChI is InChI=1S/C12H11ClN4S/c1-2-18-11-7-10-9(6-8(11)13)15-12(16-10)17-5-3-4-14-17/h3-7H,2H2,1H3,(H,15,16). The van der Waals surface area contributed by atoms with Crippen molar-refractivity contribution in [2.75, 3.05) is 5.75 Å². The van der Waals surface area contributed by atoms with Gasteiger partial charge in [0.2, 0.25) is 5.95 Å². The maximum Gasteiger partial charge on any atom is 0.229 e. The summed E-state index contributed by atoms with van der Waals surface area (Å²) in [6, 6.07) is 5.78. The lowest BCUT2D eigenvalue weighted by Gasteiger charge is -2.00. The first-order valence-electron chi connectivity index (χ1n) is 5.60. The Balaban J connectivity index is 2.12. The summed E-state index contributed by atoms with van der Waals surface area (Å²) in [7, 11) is 0. The van der Waals surface area contributed by atoms with Crippen molar-refractivity contribution >= 4 is 34.4 Å². The number of imidazole rings is 1. The summed E-state index contributed by atoms with van der Waals surface area (Å²) in [4.78, 5) is 8.78. The molecule has 18 heavy (non-hydrogen) atoms. The number of hydrogen-bond acceptors (Lipinski definition) is 3. The predicted octanol–water partition coefficient (Wildman–Crippen LogP) is 3.51. The molecule has 0 saturated heterocycles. The SMILES string of the molecule is CCSc1cc2nc(-n3cccn3)[nH]c2cc1Cl. The van der Waals surface area contributed by atoms with Crippen molar-refractivity contribution < 1.29 is 0 Å². The Morgan fingerprint density at radius 1 is 1.44 bits per heavy atom. The van der Waals surface area contributed by atoms with E-state index in [1.165, 1.54) is 0 Å². The predicted molar refractivity (Wildman–Crippen MR) is 74.6 cm³/mol. The number of fused-ring (bicyclic) bond motifs is 1. The fraction of sp³-hybridized carbons (Fsp3) is 0.167. The normalized spacial score (nSPS) is 11.2. The Hall–Kier alpha value is -1.46. The number of aromatic nitrogens is 4. The molecule has 0 aliphatic heterocycles. The van der Waals surface area contributed by atoms with E-state index in [0.717, 1.165) is 26.7 Å². The molecule has 2 aromatic heterocycles. The largest absolute Gasteiger partial charge is 0.322 e. The zero-order chi connectivity index (χ0) is 12.5. The van der Waals surface area contributed by atoms with Gasteiger partial charge in [-0.05, 0) is 24.0 Å². The van der Waals surface area contributed by atoms with Crippen molar-refractivity contribution in [2.45, 2.75) is 11.8 Å². The summed E-state index contributed by atoms with van der Waals surface area (Å²) in [5.41, 5.74) is 1.83. The number of hydrogen-bond donors (Lipinski definition) is 1. The molecule has 0 fully saturated rings. The molecule has 6 heteroatoms. The fourth-order valence-corrected chi connectivity index (χ4v) is 2.80. The summed E-state index contributed by atoms with van der Waals surface area (Å²) in [6.07, 6.45) is 3.57. The van der Waals surface area contributed by atoms with Crippen LogP contribution in [0.2, 0.25) is 5.02 Å². The minimum atomic E-state index is 0.699. The highest BCUT2D eigenvalue weighted by molar-refractivity contribution is 7.99. The van der Waals surface area contributed by atoms with Crippen LogP contribution in [0.25, 0.3) is 17.0 Å². The average molecular weight is 279 g/mol. The second kappa shape index (κ2) is 4.66. The van der Waals surface area contributed by atoms with Gasteiger partial charge in [-0.15, -0.1) is 11.8 Å². The molecule has 0 radical (unpaired) electrons. The second-order valence-corrected chi connectivity index (χ2v) is 5.46. The highest BCUT2D eigenvalue weighted by atomic mass is 35.5. The van der Waals surface area contributed by atoms with Gasteiger partial charge in [0.05, 0.1) is 16.1 Å². The molecule has 1 N–H and O–H groups in total. The van der Waals surface area contributed by atoms with E-state index < -0.39 is 0 Å². The van der Waals surface area contributed by atoms with Gasteiger partial charge < -0.3 is 4.98 Å². The number of halogens is 1. The van der Waals surface area contributed by atoms with E-state index in [1.54, 1.807) is 22.6 Å². The number of rotatable bonds is 3. The van der Waals surface area contributed by atoms with Gasteiger partial charge in [0.25, 0.3) is 0 Å². The molecule has 0 bridgehead atoms. The van der Waals surface area contributed by atoms with Crippen LogP contribution in [0.4, 0.5) is 0 Å². The molecular weight excluding hydrogens is 268 g/mol. The maximum absolute atomic E-state index is 6.23. The van der Waals surface area contributed by atoms with Crippen LogP contribution in [0, 0.1) is 0 Å². The summed E-state index contributed by atoms with van der Waals surface area (Å²) < 4.78 is 1.69. The first-order chi connectivity index (χ1) is 8.78. The number of thioether (sulfide) groups is 1. The molecule has 3 aromatic rings. The van der Waals surface area contributed by atoms with Crippen LogP contribution >= 0.6 is 23.4 Å². The highest BCUT2D eigenvalue weighted by Gasteiger charge is 2.09. The van der Waals surface area contributed by atoms with Crippen LogP contribution in [0.5, 0.6) is 0 Å². The van der Waals surface area contributed by atoms with Gasteiger partial charge in [-0.25, -0.2) is 9.67 Å². The van der Waals surface area contributed by atoms with Gasteiger partial charge >= 0.3 is 0 Å². The minimum Gasteiger partial charge on any atom is -0.322 e. The number of nitrogens with one attached hydrogen (secondary N) is 1. The van der Waals surface area contributed by atoms with Gasteiger partial charge in [0.15, 0.2) is 0 Å². The van der Waals surface area contributed by atoms with Crippen molar-refractivity contribution in [1.82, 2.24) is 19.7 Å². The van der Waals surface area contributed by atoms with Crippen LogP contribution in [0.1, 0.15) is 6.92 Å². The number of nitrogens with zero attached hydrogens (tertiary/aromatic N) is 3. The average Bonchev–Trinajstić information content (AvgIpc) is 2.97. The summed E-state index contributed by atoms with van der Waals surface area (Å²) in [5.74, 6) is 1.69. The Bertz CT molecular complexity index is 675. The Labute approximate surface area is 113 Å². The number of H-pyrrole nitrogens is 1. The third-order valence-corrected chi connectivity index (χ3v) is 3.91.